The number of carbonyl (C=O) groups is 1. The van der Waals surface area contributed by atoms with E-state index in [0.717, 1.165) is 24.6 Å². The molecule has 0 heterocycles. The van der Waals surface area contributed by atoms with Crippen molar-refractivity contribution in [2.24, 2.45) is 5.92 Å². The Bertz CT molecular complexity index is 428. The van der Waals surface area contributed by atoms with E-state index in [1.54, 1.807) is 0 Å². The first-order chi connectivity index (χ1) is 9.06. The minimum atomic E-state index is -0.827. The summed E-state index contributed by atoms with van der Waals surface area (Å²) in [6, 6.07) is 9.58. The summed E-state index contributed by atoms with van der Waals surface area (Å²) >= 11 is 0. The van der Waals surface area contributed by atoms with Crippen molar-refractivity contribution in [2.45, 2.75) is 32.1 Å². The largest absolute Gasteiger partial charge is 0.481 e. The maximum atomic E-state index is 11.7. The maximum absolute atomic E-state index is 11.7. The molecule has 1 aliphatic carbocycles. The Balaban J connectivity index is 2.16. The van der Waals surface area contributed by atoms with Gasteiger partial charge >= 0.3 is 5.97 Å². The van der Waals surface area contributed by atoms with Gasteiger partial charge in [0.2, 0.25) is 0 Å². The number of carboxylic acids is 1. The Labute approximate surface area is 115 Å². The summed E-state index contributed by atoms with van der Waals surface area (Å²) in [5.41, 5.74) is 0.0587. The molecule has 0 amide bonds. The Kier molecular flexibility index (Phi) is 4.25. The van der Waals surface area contributed by atoms with Crippen LogP contribution in [0, 0.1) is 5.92 Å². The fraction of sp³-hybridized carbons (Fsp3) is 0.562. The Morgan fingerprint density at radius 2 is 2.00 bits per heavy atom. The van der Waals surface area contributed by atoms with Crippen molar-refractivity contribution in [3.63, 3.8) is 0 Å². The SMILES string of the molecule is CCN(CC1CC1)CC(C)(C(=O)O)c1ccccc1. The third kappa shape index (κ3) is 3.35. The van der Waals surface area contributed by atoms with Crippen LogP contribution in [0.5, 0.6) is 0 Å². The molecule has 0 aromatic heterocycles. The molecule has 2 rings (SSSR count). The summed E-state index contributed by atoms with van der Waals surface area (Å²) in [7, 11) is 0. The molecule has 1 atom stereocenters. The van der Waals surface area contributed by atoms with Gasteiger partial charge in [-0.05, 0) is 37.8 Å². The van der Waals surface area contributed by atoms with Gasteiger partial charge < -0.3 is 10.0 Å². The van der Waals surface area contributed by atoms with Crippen LogP contribution in [0.4, 0.5) is 0 Å². The predicted molar refractivity (Wildman–Crippen MR) is 76.3 cm³/mol. The van der Waals surface area contributed by atoms with Gasteiger partial charge in [0.15, 0.2) is 0 Å². The Hall–Kier alpha value is -1.35. The number of hydrogen-bond donors (Lipinski definition) is 1. The van der Waals surface area contributed by atoms with Crippen LogP contribution in [-0.4, -0.2) is 35.6 Å². The number of aliphatic carboxylic acids is 1. The molecule has 3 nitrogen and oxygen atoms in total. The van der Waals surface area contributed by atoms with Crippen molar-refractivity contribution in [1.29, 1.82) is 0 Å². The summed E-state index contributed by atoms with van der Waals surface area (Å²) in [5, 5.41) is 9.65. The molecule has 1 saturated carbocycles. The second-order valence-corrected chi connectivity index (χ2v) is 5.77. The van der Waals surface area contributed by atoms with E-state index in [1.807, 2.05) is 37.3 Å². The fourth-order valence-corrected chi connectivity index (χ4v) is 2.51. The van der Waals surface area contributed by atoms with Crippen molar-refractivity contribution in [3.05, 3.63) is 35.9 Å². The maximum Gasteiger partial charge on any atom is 0.315 e. The highest BCUT2D eigenvalue weighted by Gasteiger charge is 2.37. The van der Waals surface area contributed by atoms with Crippen molar-refractivity contribution < 1.29 is 9.90 Å². The lowest BCUT2D eigenvalue weighted by molar-refractivity contribution is -0.144. The lowest BCUT2D eigenvalue weighted by atomic mass is 9.82. The van der Waals surface area contributed by atoms with Crippen LogP contribution in [-0.2, 0) is 10.2 Å². The lowest BCUT2D eigenvalue weighted by Crippen LogP contribution is -2.45. The summed E-state index contributed by atoms with van der Waals surface area (Å²) in [6.45, 7) is 6.47. The molecule has 1 unspecified atom stereocenters. The van der Waals surface area contributed by atoms with Gasteiger partial charge in [-0.25, -0.2) is 0 Å². The highest BCUT2D eigenvalue weighted by Crippen LogP contribution is 2.32. The van der Waals surface area contributed by atoms with Gasteiger partial charge in [0.1, 0.15) is 5.41 Å². The van der Waals surface area contributed by atoms with Gasteiger partial charge in [-0.2, -0.15) is 0 Å². The van der Waals surface area contributed by atoms with Crippen molar-refractivity contribution in [1.82, 2.24) is 4.90 Å². The van der Waals surface area contributed by atoms with Crippen LogP contribution in [0.15, 0.2) is 30.3 Å². The van der Waals surface area contributed by atoms with E-state index in [9.17, 15) is 9.90 Å². The second-order valence-electron chi connectivity index (χ2n) is 5.77. The number of benzene rings is 1. The summed E-state index contributed by atoms with van der Waals surface area (Å²) in [5.74, 6) is 0.0433. The quantitative estimate of drug-likeness (QED) is 0.820. The van der Waals surface area contributed by atoms with E-state index in [0.29, 0.717) is 6.54 Å². The molecule has 0 bridgehead atoms. The summed E-state index contributed by atoms with van der Waals surface area (Å²) < 4.78 is 0. The summed E-state index contributed by atoms with van der Waals surface area (Å²) in [4.78, 5) is 14.0. The zero-order valence-electron chi connectivity index (χ0n) is 11.8. The first-order valence-corrected chi connectivity index (χ1v) is 7.07. The Morgan fingerprint density at radius 1 is 1.37 bits per heavy atom. The van der Waals surface area contributed by atoms with E-state index in [1.165, 1.54) is 12.8 Å². The predicted octanol–water partition coefficient (Wildman–Crippen LogP) is 2.76. The Morgan fingerprint density at radius 3 is 2.47 bits per heavy atom. The van der Waals surface area contributed by atoms with Crippen LogP contribution >= 0.6 is 0 Å². The molecule has 1 N–H and O–H groups in total. The average Bonchev–Trinajstić information content (AvgIpc) is 3.22. The first kappa shape index (κ1) is 14.1. The highest BCUT2D eigenvalue weighted by molar-refractivity contribution is 5.81. The normalized spacial score (nSPS) is 18.3. The average molecular weight is 261 g/mol. The van der Waals surface area contributed by atoms with E-state index < -0.39 is 11.4 Å². The summed E-state index contributed by atoms with van der Waals surface area (Å²) in [6.07, 6.45) is 2.59. The van der Waals surface area contributed by atoms with Crippen molar-refractivity contribution in [2.75, 3.05) is 19.6 Å². The second kappa shape index (κ2) is 5.74. The van der Waals surface area contributed by atoms with Gasteiger partial charge in [-0.15, -0.1) is 0 Å². The molecule has 19 heavy (non-hydrogen) atoms. The third-order valence-corrected chi connectivity index (χ3v) is 4.08. The number of rotatable bonds is 7. The minimum absolute atomic E-state index is 0.583. The molecular formula is C16H23NO2. The van der Waals surface area contributed by atoms with E-state index in [-0.39, 0.29) is 0 Å². The molecule has 0 spiro atoms. The van der Waals surface area contributed by atoms with Crippen LogP contribution in [0.1, 0.15) is 32.3 Å². The van der Waals surface area contributed by atoms with Crippen molar-refractivity contribution in [3.8, 4) is 0 Å². The van der Waals surface area contributed by atoms with Gasteiger partial charge in [0.05, 0.1) is 0 Å². The highest BCUT2D eigenvalue weighted by atomic mass is 16.4. The zero-order chi connectivity index (χ0) is 13.9. The molecule has 0 saturated heterocycles. The zero-order valence-corrected chi connectivity index (χ0v) is 11.8. The van der Waals surface area contributed by atoms with E-state index in [2.05, 4.69) is 11.8 Å². The van der Waals surface area contributed by atoms with E-state index in [4.69, 9.17) is 0 Å². The van der Waals surface area contributed by atoms with Gasteiger partial charge in [-0.1, -0.05) is 37.3 Å². The molecule has 1 fully saturated rings. The number of carboxylic acid groups (broad SMARTS) is 1. The molecule has 0 aliphatic heterocycles. The van der Waals surface area contributed by atoms with Crippen LogP contribution < -0.4 is 0 Å². The van der Waals surface area contributed by atoms with Gasteiger partial charge in [-0.3, -0.25) is 4.79 Å². The minimum Gasteiger partial charge on any atom is -0.481 e. The third-order valence-electron chi connectivity index (χ3n) is 4.08. The lowest BCUT2D eigenvalue weighted by Gasteiger charge is -2.32. The number of likely N-dealkylation sites (N-methyl/N-ethyl adjacent to an activating group) is 1. The molecule has 0 radical (unpaired) electrons. The van der Waals surface area contributed by atoms with Gasteiger partial charge in [0.25, 0.3) is 0 Å². The van der Waals surface area contributed by atoms with Crippen LogP contribution in [0.2, 0.25) is 0 Å². The van der Waals surface area contributed by atoms with Crippen LogP contribution in [0.3, 0.4) is 0 Å². The topological polar surface area (TPSA) is 40.5 Å². The standard InChI is InChI=1S/C16H23NO2/c1-3-17(11-13-9-10-13)12-16(2,15(18)19)14-7-5-4-6-8-14/h4-8,13H,3,9-12H2,1-2H3,(H,18,19). The molecule has 1 aliphatic rings. The van der Waals surface area contributed by atoms with Crippen molar-refractivity contribution >= 4 is 5.97 Å². The molecule has 1 aromatic rings. The molecule has 104 valence electrons. The molecule has 3 heteroatoms. The smallest absolute Gasteiger partial charge is 0.315 e. The van der Waals surface area contributed by atoms with Gasteiger partial charge in [0, 0.05) is 13.1 Å². The van der Waals surface area contributed by atoms with E-state index >= 15 is 0 Å². The fourth-order valence-electron chi connectivity index (χ4n) is 2.51. The molecular weight excluding hydrogens is 238 g/mol. The van der Waals surface area contributed by atoms with Crippen LogP contribution in [0.25, 0.3) is 0 Å². The molecule has 1 aromatic carbocycles. The number of nitrogens with zero attached hydrogens (tertiary/aromatic N) is 1. The number of hydrogen-bond acceptors (Lipinski definition) is 2. The first-order valence-electron chi connectivity index (χ1n) is 7.07. The monoisotopic (exact) mass is 261 g/mol.